The maximum absolute atomic E-state index is 12.7. The molecule has 0 bridgehead atoms. The summed E-state index contributed by atoms with van der Waals surface area (Å²) in [6.45, 7) is 1.96. The van der Waals surface area contributed by atoms with Crippen molar-refractivity contribution in [3.63, 3.8) is 0 Å². The van der Waals surface area contributed by atoms with E-state index in [1.54, 1.807) is 12.1 Å². The van der Waals surface area contributed by atoms with Crippen LogP contribution in [-0.4, -0.2) is 42.4 Å². The van der Waals surface area contributed by atoms with Crippen LogP contribution >= 0.6 is 12.2 Å². The minimum atomic E-state index is -0.482. The molecule has 4 aromatic rings. The average Bonchev–Trinajstić information content (AvgIpc) is 3.25. The number of nitrogens with one attached hydrogen (secondary N) is 2. The Morgan fingerprint density at radius 2 is 1.71 bits per heavy atom. The number of oxazole rings is 1. The highest BCUT2D eigenvalue weighted by molar-refractivity contribution is 7.80. The summed E-state index contributed by atoms with van der Waals surface area (Å²) in [7, 11) is 4.40. The number of nitrogens with zero attached hydrogens (tertiary/aromatic N) is 1. The number of phenolic OH excluding ortho intramolecular Hbond substituents is 1. The molecule has 1 amide bonds. The molecule has 180 valence electrons. The third-order valence-electron chi connectivity index (χ3n) is 5.18. The number of aromatic hydroxyl groups is 1. The van der Waals surface area contributed by atoms with Gasteiger partial charge < -0.3 is 29.1 Å². The summed E-state index contributed by atoms with van der Waals surface area (Å²) < 4.78 is 21.6. The van der Waals surface area contributed by atoms with E-state index in [9.17, 15) is 9.90 Å². The lowest BCUT2D eigenvalue weighted by Crippen LogP contribution is -2.34. The molecule has 0 saturated carbocycles. The fourth-order valence-corrected chi connectivity index (χ4v) is 3.70. The number of aryl methyl sites for hydroxylation is 1. The molecule has 0 unspecified atom stereocenters. The molecule has 0 spiro atoms. The molecule has 1 aromatic heterocycles. The van der Waals surface area contributed by atoms with Crippen LogP contribution in [0.4, 0.5) is 5.69 Å². The van der Waals surface area contributed by atoms with Gasteiger partial charge in [-0.2, -0.15) is 0 Å². The molecule has 3 aromatic carbocycles. The highest BCUT2D eigenvalue weighted by Gasteiger charge is 2.18. The van der Waals surface area contributed by atoms with Crippen LogP contribution in [0.15, 0.2) is 52.9 Å². The normalized spacial score (nSPS) is 10.6. The van der Waals surface area contributed by atoms with E-state index in [4.69, 9.17) is 30.8 Å². The Morgan fingerprint density at radius 1 is 1.00 bits per heavy atom. The van der Waals surface area contributed by atoms with Gasteiger partial charge in [-0.1, -0.05) is 6.07 Å². The van der Waals surface area contributed by atoms with Crippen molar-refractivity contribution in [2.45, 2.75) is 6.92 Å². The number of fused-ring (bicyclic) bond motifs is 1. The van der Waals surface area contributed by atoms with E-state index >= 15 is 0 Å². The monoisotopic (exact) mass is 493 g/mol. The molecular formula is C25H23N3O6S. The molecule has 1 heterocycles. The Balaban J connectivity index is 1.48. The van der Waals surface area contributed by atoms with Crippen LogP contribution in [-0.2, 0) is 0 Å². The molecule has 0 aliphatic rings. The first-order chi connectivity index (χ1) is 16.8. The Morgan fingerprint density at radius 3 is 2.34 bits per heavy atom. The van der Waals surface area contributed by atoms with Gasteiger partial charge in [0.05, 0.1) is 26.9 Å². The van der Waals surface area contributed by atoms with Crippen molar-refractivity contribution in [2.24, 2.45) is 0 Å². The van der Waals surface area contributed by atoms with Gasteiger partial charge in [0.2, 0.25) is 11.6 Å². The maximum atomic E-state index is 12.7. The van der Waals surface area contributed by atoms with Gasteiger partial charge in [0.1, 0.15) is 11.3 Å². The topological polar surface area (TPSA) is 115 Å². The molecule has 0 aliphatic heterocycles. The van der Waals surface area contributed by atoms with Gasteiger partial charge in [0, 0.05) is 17.3 Å². The van der Waals surface area contributed by atoms with Gasteiger partial charge in [-0.25, -0.2) is 4.98 Å². The fourth-order valence-electron chi connectivity index (χ4n) is 3.49. The number of hydrogen-bond donors (Lipinski definition) is 3. The van der Waals surface area contributed by atoms with Crippen LogP contribution in [0.25, 0.3) is 22.6 Å². The van der Waals surface area contributed by atoms with Crippen LogP contribution in [0.3, 0.4) is 0 Å². The van der Waals surface area contributed by atoms with Crippen LogP contribution in [0.1, 0.15) is 15.9 Å². The molecule has 0 radical (unpaired) electrons. The molecule has 0 atom stereocenters. The molecule has 10 heteroatoms. The van der Waals surface area contributed by atoms with E-state index in [2.05, 4.69) is 15.6 Å². The lowest BCUT2D eigenvalue weighted by Gasteiger charge is -2.15. The smallest absolute Gasteiger partial charge is 0.257 e. The number of hydrogen-bond acceptors (Lipinski definition) is 8. The fraction of sp³-hybridized carbons (Fsp3) is 0.160. The zero-order valence-corrected chi connectivity index (χ0v) is 20.3. The van der Waals surface area contributed by atoms with E-state index in [0.717, 1.165) is 5.56 Å². The van der Waals surface area contributed by atoms with Gasteiger partial charge in [0.25, 0.3) is 5.91 Å². The van der Waals surface area contributed by atoms with Gasteiger partial charge in [0.15, 0.2) is 22.2 Å². The number of benzene rings is 3. The second-order valence-corrected chi connectivity index (χ2v) is 7.95. The Kier molecular flexibility index (Phi) is 6.74. The summed E-state index contributed by atoms with van der Waals surface area (Å²) >= 11 is 5.27. The minimum Gasteiger partial charge on any atom is -0.507 e. The quantitative estimate of drug-likeness (QED) is 0.330. The Hall–Kier alpha value is -4.31. The largest absolute Gasteiger partial charge is 0.507 e. The van der Waals surface area contributed by atoms with Crippen molar-refractivity contribution in [3.05, 3.63) is 59.7 Å². The first kappa shape index (κ1) is 23.8. The van der Waals surface area contributed by atoms with Crippen LogP contribution < -0.4 is 24.8 Å². The van der Waals surface area contributed by atoms with E-state index in [0.29, 0.717) is 45.5 Å². The molecule has 35 heavy (non-hydrogen) atoms. The lowest BCUT2D eigenvalue weighted by atomic mass is 10.1. The van der Waals surface area contributed by atoms with Crippen molar-refractivity contribution < 1.29 is 28.5 Å². The van der Waals surface area contributed by atoms with Crippen LogP contribution in [0.2, 0.25) is 0 Å². The van der Waals surface area contributed by atoms with E-state index in [1.807, 2.05) is 25.1 Å². The zero-order valence-electron chi connectivity index (χ0n) is 19.5. The predicted octanol–water partition coefficient (Wildman–Crippen LogP) is 4.66. The summed E-state index contributed by atoms with van der Waals surface area (Å²) in [5.41, 5.74) is 3.53. The number of aromatic nitrogens is 1. The Labute approximate surface area is 206 Å². The summed E-state index contributed by atoms with van der Waals surface area (Å²) in [6, 6.07) is 13.5. The number of phenols is 1. The van der Waals surface area contributed by atoms with Gasteiger partial charge >= 0.3 is 0 Å². The molecule has 0 saturated heterocycles. The molecule has 4 rings (SSSR count). The standard InChI is InChI=1S/C25H23N3O6S/c1-13-5-8-17-19(9-13)34-24(27-17)16-7-6-15(12-18(16)29)26-25(35)28-23(30)14-10-20(31-2)22(33-4)21(11-14)32-3/h5-12,29H,1-4H3,(H2,26,28,30,35). The van der Waals surface area contributed by atoms with E-state index in [1.165, 1.54) is 39.5 Å². The van der Waals surface area contributed by atoms with Crippen molar-refractivity contribution in [1.29, 1.82) is 0 Å². The van der Waals surface area contributed by atoms with Gasteiger partial charge in [-0.3, -0.25) is 10.1 Å². The highest BCUT2D eigenvalue weighted by Crippen LogP contribution is 2.38. The molecule has 0 aliphatic carbocycles. The number of carbonyl (C=O) groups is 1. The summed E-state index contributed by atoms with van der Waals surface area (Å²) in [4.78, 5) is 17.2. The van der Waals surface area contributed by atoms with Crippen molar-refractivity contribution in [2.75, 3.05) is 26.6 Å². The lowest BCUT2D eigenvalue weighted by molar-refractivity contribution is 0.0977. The number of rotatable bonds is 6. The van der Waals surface area contributed by atoms with Crippen LogP contribution in [0.5, 0.6) is 23.0 Å². The van der Waals surface area contributed by atoms with Crippen molar-refractivity contribution in [3.8, 4) is 34.5 Å². The highest BCUT2D eigenvalue weighted by atomic mass is 32.1. The van der Waals surface area contributed by atoms with Crippen molar-refractivity contribution >= 4 is 40.0 Å². The third kappa shape index (κ3) is 4.97. The van der Waals surface area contributed by atoms with E-state index < -0.39 is 5.91 Å². The second-order valence-electron chi connectivity index (χ2n) is 7.54. The van der Waals surface area contributed by atoms with Crippen molar-refractivity contribution in [1.82, 2.24) is 10.3 Å². The van der Waals surface area contributed by atoms with Crippen LogP contribution in [0, 0.1) is 6.92 Å². The minimum absolute atomic E-state index is 0.0354. The summed E-state index contributed by atoms with van der Waals surface area (Å²) in [5, 5.41) is 16.1. The Bertz CT molecular complexity index is 1410. The number of anilines is 1. The number of ether oxygens (including phenoxy) is 3. The maximum Gasteiger partial charge on any atom is 0.257 e. The number of thiocarbonyl (C=S) groups is 1. The molecule has 9 nitrogen and oxygen atoms in total. The average molecular weight is 494 g/mol. The summed E-state index contributed by atoms with van der Waals surface area (Å²) in [6.07, 6.45) is 0. The predicted molar refractivity (Wildman–Crippen MR) is 136 cm³/mol. The number of methoxy groups -OCH3 is 3. The van der Waals surface area contributed by atoms with Gasteiger partial charge in [-0.15, -0.1) is 0 Å². The molecular weight excluding hydrogens is 470 g/mol. The number of carbonyl (C=O) groups excluding carboxylic acids is 1. The second kappa shape index (κ2) is 9.90. The zero-order chi connectivity index (χ0) is 25.1. The third-order valence-corrected chi connectivity index (χ3v) is 5.39. The molecule has 0 fully saturated rings. The molecule has 3 N–H and O–H groups in total. The summed E-state index contributed by atoms with van der Waals surface area (Å²) in [5.74, 6) is 0.808. The number of amides is 1. The first-order valence-electron chi connectivity index (χ1n) is 10.5. The van der Waals surface area contributed by atoms with E-state index in [-0.39, 0.29) is 16.4 Å². The van der Waals surface area contributed by atoms with Gasteiger partial charge in [-0.05, 0) is 61.1 Å². The first-order valence-corrected chi connectivity index (χ1v) is 10.9. The SMILES string of the molecule is COc1cc(C(=O)NC(=S)Nc2ccc(-c3nc4ccc(C)cc4o3)c(O)c2)cc(OC)c1OC.